The molecule has 0 amide bonds. The van der Waals surface area contributed by atoms with E-state index in [1.807, 2.05) is 26.0 Å². The molecular weight excluding hydrogens is 530 g/mol. The summed E-state index contributed by atoms with van der Waals surface area (Å²) in [5.74, 6) is 1.23. The van der Waals surface area contributed by atoms with E-state index < -0.39 is 10.0 Å². The second-order valence-corrected chi connectivity index (χ2v) is 12.6. The van der Waals surface area contributed by atoms with Crippen molar-refractivity contribution in [3.63, 3.8) is 0 Å². The first-order valence-corrected chi connectivity index (χ1v) is 15.0. The summed E-state index contributed by atoms with van der Waals surface area (Å²) in [6, 6.07) is 14.6. The number of piperazine rings is 1. The zero-order chi connectivity index (χ0) is 27.1. The molecule has 0 saturated carbocycles. The van der Waals surface area contributed by atoms with Crippen LogP contribution in [0.5, 0.6) is 0 Å². The van der Waals surface area contributed by atoms with Gasteiger partial charge in [0.05, 0.1) is 27.4 Å². The molecule has 5 heterocycles. The number of hydrogen-bond acceptors (Lipinski definition) is 9. The number of rotatable bonds is 6. The van der Waals surface area contributed by atoms with Crippen molar-refractivity contribution in [2.45, 2.75) is 18.7 Å². The number of nitrogens with zero attached hydrogens (tertiary/aromatic N) is 6. The molecule has 1 aliphatic heterocycles. The van der Waals surface area contributed by atoms with Gasteiger partial charge in [-0.3, -0.25) is 0 Å². The van der Waals surface area contributed by atoms with Gasteiger partial charge in [0.25, 0.3) is 10.0 Å². The molecule has 5 aromatic rings. The minimum atomic E-state index is -3.86. The Morgan fingerprint density at radius 3 is 2.36 bits per heavy atom. The maximum absolute atomic E-state index is 13.6. The molecule has 0 unspecified atom stereocenters. The van der Waals surface area contributed by atoms with E-state index in [1.54, 1.807) is 54.1 Å². The highest BCUT2D eigenvalue weighted by atomic mass is 32.2. The summed E-state index contributed by atoms with van der Waals surface area (Å²) in [6.45, 7) is 7.84. The lowest BCUT2D eigenvalue weighted by atomic mass is 10.2. The number of pyridine rings is 1. The lowest BCUT2D eigenvalue weighted by molar-refractivity contribution is 0.312. The highest BCUT2D eigenvalue weighted by molar-refractivity contribution is 7.90. The average Bonchev–Trinajstić information content (AvgIpc) is 3.56. The molecule has 1 aromatic carbocycles. The normalized spacial score (nSPS) is 14.7. The lowest BCUT2D eigenvalue weighted by Gasteiger charge is -2.33. The highest BCUT2D eigenvalue weighted by Gasteiger charge is 2.23. The number of aryl methyl sites for hydroxylation is 2. The van der Waals surface area contributed by atoms with E-state index in [1.165, 1.54) is 3.97 Å². The quantitative estimate of drug-likeness (QED) is 0.314. The third-order valence-electron chi connectivity index (χ3n) is 6.88. The van der Waals surface area contributed by atoms with Crippen molar-refractivity contribution >= 4 is 49.8 Å². The van der Waals surface area contributed by atoms with Crippen LogP contribution in [0.3, 0.4) is 0 Å². The van der Waals surface area contributed by atoms with E-state index in [0.29, 0.717) is 22.7 Å². The first-order chi connectivity index (χ1) is 18.8. The largest absolute Gasteiger partial charge is 0.354 e. The minimum Gasteiger partial charge on any atom is -0.354 e. The summed E-state index contributed by atoms with van der Waals surface area (Å²) >= 11 is 1.57. The molecule has 0 spiro atoms. The molecule has 9 nitrogen and oxygen atoms in total. The molecular formula is C28H29N7O2S2. The van der Waals surface area contributed by atoms with Crippen molar-refractivity contribution in [1.82, 2.24) is 23.8 Å². The molecule has 1 N–H and O–H groups in total. The lowest BCUT2D eigenvalue weighted by Crippen LogP contribution is -2.44. The number of thiophene rings is 1. The zero-order valence-electron chi connectivity index (χ0n) is 22.0. The van der Waals surface area contributed by atoms with Crippen LogP contribution in [0.1, 0.15) is 11.1 Å². The number of fused-ring (bicyclic) bond motifs is 1. The van der Waals surface area contributed by atoms with Gasteiger partial charge in [-0.15, -0.1) is 11.3 Å². The van der Waals surface area contributed by atoms with Crippen molar-refractivity contribution in [3.8, 4) is 10.6 Å². The summed E-state index contributed by atoms with van der Waals surface area (Å²) in [5, 5.41) is 5.97. The van der Waals surface area contributed by atoms with Gasteiger partial charge in [0.1, 0.15) is 5.82 Å². The predicted molar refractivity (Wildman–Crippen MR) is 157 cm³/mol. The molecule has 0 bridgehead atoms. The molecule has 1 saturated heterocycles. The van der Waals surface area contributed by atoms with E-state index in [9.17, 15) is 8.42 Å². The Labute approximate surface area is 231 Å². The van der Waals surface area contributed by atoms with E-state index in [0.717, 1.165) is 53.7 Å². The zero-order valence-corrected chi connectivity index (χ0v) is 23.6. The molecule has 0 atom stereocenters. The number of hydrogen-bond donors (Lipinski definition) is 1. The van der Waals surface area contributed by atoms with Crippen molar-refractivity contribution < 1.29 is 8.42 Å². The molecule has 4 aromatic heterocycles. The number of anilines is 3. The number of likely N-dealkylation sites (N-methyl/N-ethyl adjacent to an activating group) is 1. The SMILES string of the molecule is Cc1ccc(S(=O)(=O)n2ccc3c(-c4cc(C)cs4)nc(Nc4ccc(N5CCN(C)CC5)nc4)nc32)cc1. The van der Waals surface area contributed by atoms with Crippen molar-refractivity contribution in [2.24, 2.45) is 0 Å². The van der Waals surface area contributed by atoms with Crippen molar-refractivity contribution in [3.05, 3.63) is 77.4 Å². The maximum Gasteiger partial charge on any atom is 0.269 e. The van der Waals surface area contributed by atoms with Crippen LogP contribution < -0.4 is 10.2 Å². The molecule has 1 fully saturated rings. The fraction of sp³-hybridized carbons (Fsp3) is 0.250. The summed E-state index contributed by atoms with van der Waals surface area (Å²) in [6.07, 6.45) is 3.31. The van der Waals surface area contributed by atoms with Gasteiger partial charge in [-0.05, 0) is 68.2 Å². The molecule has 0 aliphatic carbocycles. The van der Waals surface area contributed by atoms with Crippen LogP contribution in [0.4, 0.5) is 17.5 Å². The smallest absolute Gasteiger partial charge is 0.269 e. The Morgan fingerprint density at radius 1 is 0.923 bits per heavy atom. The van der Waals surface area contributed by atoms with Gasteiger partial charge in [-0.25, -0.2) is 22.4 Å². The molecule has 1 aliphatic rings. The Kier molecular flexibility index (Phi) is 6.57. The van der Waals surface area contributed by atoms with Gasteiger partial charge >= 0.3 is 0 Å². The third-order valence-corrected chi connectivity index (χ3v) is 9.62. The van der Waals surface area contributed by atoms with Gasteiger partial charge in [0, 0.05) is 37.8 Å². The standard InChI is InChI=1S/C28H29N7O2S2/c1-19-4-7-22(8-5-19)39(36,37)35-11-10-23-26(24-16-20(2)18-38-24)31-28(32-27(23)35)30-21-6-9-25(29-17-21)34-14-12-33(3)13-15-34/h4-11,16-18H,12-15H2,1-3H3,(H,30,31,32). The summed E-state index contributed by atoms with van der Waals surface area (Å²) in [4.78, 5) is 19.9. The third kappa shape index (κ3) is 5.00. The number of aromatic nitrogens is 4. The number of nitrogens with one attached hydrogen (secondary N) is 1. The summed E-state index contributed by atoms with van der Waals surface area (Å²) in [5.41, 5.74) is 3.83. The van der Waals surface area contributed by atoms with Gasteiger partial charge < -0.3 is 15.1 Å². The topological polar surface area (TPSA) is 96.2 Å². The van der Waals surface area contributed by atoms with E-state index >= 15 is 0 Å². The van der Waals surface area contributed by atoms with Crippen LogP contribution in [0.2, 0.25) is 0 Å². The fourth-order valence-corrected chi connectivity index (χ4v) is 6.82. The van der Waals surface area contributed by atoms with Gasteiger partial charge in [0.2, 0.25) is 5.95 Å². The monoisotopic (exact) mass is 559 g/mol. The van der Waals surface area contributed by atoms with Gasteiger partial charge in [0.15, 0.2) is 5.65 Å². The fourth-order valence-electron chi connectivity index (χ4n) is 4.62. The first-order valence-electron chi connectivity index (χ1n) is 12.7. The Morgan fingerprint density at radius 2 is 1.69 bits per heavy atom. The van der Waals surface area contributed by atoms with Crippen LogP contribution in [0.25, 0.3) is 21.6 Å². The van der Waals surface area contributed by atoms with Crippen LogP contribution >= 0.6 is 11.3 Å². The second kappa shape index (κ2) is 10.1. The van der Waals surface area contributed by atoms with Crippen molar-refractivity contribution in [2.75, 3.05) is 43.4 Å². The number of benzene rings is 1. The average molecular weight is 560 g/mol. The Balaban J connectivity index is 1.39. The van der Waals surface area contributed by atoms with E-state index in [2.05, 4.69) is 43.6 Å². The molecule has 39 heavy (non-hydrogen) atoms. The second-order valence-electron chi connectivity index (χ2n) is 9.87. The van der Waals surface area contributed by atoms with Crippen molar-refractivity contribution in [1.29, 1.82) is 0 Å². The van der Waals surface area contributed by atoms with Gasteiger partial charge in [-0.2, -0.15) is 4.98 Å². The van der Waals surface area contributed by atoms with Crippen LogP contribution in [-0.2, 0) is 10.0 Å². The molecule has 200 valence electrons. The molecule has 11 heteroatoms. The minimum absolute atomic E-state index is 0.205. The highest BCUT2D eigenvalue weighted by Crippen LogP contribution is 2.34. The summed E-state index contributed by atoms with van der Waals surface area (Å²) in [7, 11) is -1.74. The van der Waals surface area contributed by atoms with E-state index in [4.69, 9.17) is 4.98 Å². The Hall–Kier alpha value is -3.80. The Bertz CT molecular complexity index is 1740. The van der Waals surface area contributed by atoms with Crippen LogP contribution in [-0.4, -0.2) is 65.5 Å². The van der Waals surface area contributed by atoms with Crippen LogP contribution in [0.15, 0.2) is 71.2 Å². The summed E-state index contributed by atoms with van der Waals surface area (Å²) < 4.78 is 28.5. The molecule has 0 radical (unpaired) electrons. The molecule has 6 rings (SSSR count). The van der Waals surface area contributed by atoms with E-state index in [-0.39, 0.29) is 4.90 Å². The predicted octanol–water partition coefficient (Wildman–Crippen LogP) is 4.90. The maximum atomic E-state index is 13.6. The van der Waals surface area contributed by atoms with Gasteiger partial charge in [-0.1, -0.05) is 17.7 Å². The first kappa shape index (κ1) is 25.5. The van der Waals surface area contributed by atoms with Crippen LogP contribution in [0, 0.1) is 13.8 Å².